The number of aromatic nitrogens is 2. The Morgan fingerprint density at radius 3 is 2.60 bits per heavy atom. The molecule has 1 heterocycles. The lowest BCUT2D eigenvalue weighted by molar-refractivity contribution is -0.142. The highest BCUT2D eigenvalue weighted by Gasteiger charge is 2.36. The molecular weight excluding hydrogens is 221 g/mol. The van der Waals surface area contributed by atoms with E-state index in [0.717, 1.165) is 0 Å². The van der Waals surface area contributed by atoms with Gasteiger partial charge in [-0.05, 0) is 0 Å². The minimum absolute atomic E-state index is 0.385. The largest absolute Gasteiger partial charge is 0.511 e. The third-order valence-corrected chi connectivity index (χ3v) is 1.26. The second kappa shape index (κ2) is 3.59. The average Bonchev–Trinajstić information content (AvgIpc) is 2.05. The lowest BCUT2D eigenvalue weighted by Crippen LogP contribution is -2.21. The summed E-state index contributed by atoms with van der Waals surface area (Å²) in [6.45, 7) is 0. The number of nitrogens with one attached hydrogen (secondary N) is 1. The molecule has 0 aromatic carbocycles. The first kappa shape index (κ1) is 11.0. The zero-order valence-corrected chi connectivity index (χ0v) is 6.83. The first-order valence-corrected chi connectivity index (χ1v) is 3.38. The quantitative estimate of drug-likeness (QED) is 0.689. The van der Waals surface area contributed by atoms with Gasteiger partial charge in [0.05, 0.1) is 6.20 Å². The molecule has 0 fully saturated rings. The van der Waals surface area contributed by atoms with Crippen molar-refractivity contribution < 1.29 is 27.8 Å². The van der Waals surface area contributed by atoms with Gasteiger partial charge in [-0.2, -0.15) is 18.2 Å². The Balaban J connectivity index is 3.27. The molecular formula is C6H3F3N2O4. The van der Waals surface area contributed by atoms with Crippen LogP contribution in [-0.4, -0.2) is 21.2 Å². The van der Waals surface area contributed by atoms with Crippen LogP contribution in [0.5, 0.6) is 5.75 Å². The molecule has 0 atom stereocenters. The summed E-state index contributed by atoms with van der Waals surface area (Å²) in [5.41, 5.74) is -2.84. The molecule has 0 unspecified atom stereocenters. The predicted octanol–water partition coefficient (Wildman–Crippen LogP) is 0.845. The van der Waals surface area contributed by atoms with Crippen LogP contribution in [0.2, 0.25) is 0 Å². The van der Waals surface area contributed by atoms with Gasteiger partial charge in [0.25, 0.3) is 0 Å². The van der Waals surface area contributed by atoms with Crippen molar-refractivity contribution >= 4 is 6.16 Å². The fraction of sp³-hybridized carbons (Fsp3) is 0.167. The lowest BCUT2D eigenvalue weighted by atomic mass is 10.3. The number of hydrogen-bond acceptors (Lipinski definition) is 4. The molecule has 0 aliphatic carbocycles. The Kier molecular flexibility index (Phi) is 2.64. The maximum Gasteiger partial charge on any atom is 0.511 e. The van der Waals surface area contributed by atoms with Crippen LogP contribution in [0.3, 0.4) is 0 Å². The van der Waals surface area contributed by atoms with Gasteiger partial charge >= 0.3 is 18.0 Å². The molecule has 0 radical (unpaired) electrons. The van der Waals surface area contributed by atoms with Crippen LogP contribution in [-0.2, 0) is 6.18 Å². The van der Waals surface area contributed by atoms with Gasteiger partial charge < -0.3 is 9.84 Å². The fourth-order valence-electron chi connectivity index (χ4n) is 0.765. The molecule has 2 N–H and O–H groups in total. The van der Waals surface area contributed by atoms with Gasteiger partial charge in [-0.15, -0.1) is 0 Å². The molecule has 1 aromatic rings. The van der Waals surface area contributed by atoms with Gasteiger partial charge in [-0.3, -0.25) is 4.98 Å². The van der Waals surface area contributed by atoms with Crippen molar-refractivity contribution in [2.24, 2.45) is 0 Å². The van der Waals surface area contributed by atoms with Crippen molar-refractivity contribution in [2.75, 3.05) is 0 Å². The molecule has 1 aromatic heterocycles. The standard InChI is InChI=1S/C6H3F3N2O4/c7-6(8,9)3-2(15-5(13)14)1-10-4(12)11-3/h1H,(H,13,14)(H,10,11,12). The van der Waals surface area contributed by atoms with Crippen molar-refractivity contribution in [1.29, 1.82) is 0 Å². The second-order valence-corrected chi connectivity index (χ2v) is 2.29. The van der Waals surface area contributed by atoms with Crippen LogP contribution in [0.15, 0.2) is 11.0 Å². The van der Waals surface area contributed by atoms with E-state index in [1.54, 1.807) is 0 Å². The van der Waals surface area contributed by atoms with E-state index >= 15 is 0 Å². The van der Waals surface area contributed by atoms with Crippen LogP contribution >= 0.6 is 0 Å². The van der Waals surface area contributed by atoms with Crippen molar-refractivity contribution in [3.63, 3.8) is 0 Å². The van der Waals surface area contributed by atoms with Crippen molar-refractivity contribution in [1.82, 2.24) is 9.97 Å². The molecule has 15 heavy (non-hydrogen) atoms. The Hall–Kier alpha value is -2.06. The minimum atomic E-state index is -4.92. The van der Waals surface area contributed by atoms with E-state index in [-0.39, 0.29) is 0 Å². The summed E-state index contributed by atoms with van der Waals surface area (Å²) in [5.74, 6) is -1.07. The van der Waals surface area contributed by atoms with E-state index in [4.69, 9.17) is 5.11 Å². The topological polar surface area (TPSA) is 92.3 Å². The number of hydrogen-bond donors (Lipinski definition) is 2. The Morgan fingerprint density at radius 1 is 1.53 bits per heavy atom. The minimum Gasteiger partial charge on any atom is -0.449 e. The highest BCUT2D eigenvalue weighted by Crippen LogP contribution is 2.32. The number of carbonyl (C=O) groups is 1. The molecule has 0 bridgehead atoms. The van der Waals surface area contributed by atoms with Crippen LogP contribution in [0.1, 0.15) is 5.69 Å². The number of nitrogens with zero attached hydrogens (tertiary/aromatic N) is 1. The van der Waals surface area contributed by atoms with Crippen molar-refractivity contribution in [3.05, 3.63) is 22.4 Å². The van der Waals surface area contributed by atoms with Gasteiger partial charge in [0.2, 0.25) is 0 Å². The number of ether oxygens (including phenoxy) is 1. The van der Waals surface area contributed by atoms with Crippen molar-refractivity contribution in [3.8, 4) is 5.75 Å². The number of aromatic amines is 1. The summed E-state index contributed by atoms with van der Waals surface area (Å²) in [6, 6.07) is 0. The molecule has 0 aliphatic rings. The second-order valence-electron chi connectivity index (χ2n) is 2.29. The SMILES string of the molecule is O=C(O)Oc1cnc(=O)[nH]c1C(F)(F)F. The van der Waals surface area contributed by atoms with Gasteiger partial charge in [-0.25, -0.2) is 9.59 Å². The summed E-state index contributed by atoms with van der Waals surface area (Å²) in [4.78, 5) is 24.8. The van der Waals surface area contributed by atoms with Gasteiger partial charge in [0.15, 0.2) is 11.4 Å². The molecule has 6 nitrogen and oxygen atoms in total. The number of rotatable bonds is 1. The van der Waals surface area contributed by atoms with E-state index in [0.29, 0.717) is 6.20 Å². The fourth-order valence-corrected chi connectivity index (χ4v) is 0.765. The van der Waals surface area contributed by atoms with Crippen molar-refractivity contribution in [2.45, 2.75) is 6.18 Å². The average molecular weight is 224 g/mol. The zero-order valence-electron chi connectivity index (χ0n) is 6.83. The predicted molar refractivity (Wildman–Crippen MR) is 38.5 cm³/mol. The van der Waals surface area contributed by atoms with E-state index in [9.17, 15) is 22.8 Å². The number of H-pyrrole nitrogens is 1. The Morgan fingerprint density at radius 2 is 2.13 bits per heavy atom. The monoisotopic (exact) mass is 224 g/mol. The molecule has 0 saturated carbocycles. The molecule has 1 rings (SSSR count). The first-order valence-electron chi connectivity index (χ1n) is 3.38. The third kappa shape index (κ3) is 2.69. The smallest absolute Gasteiger partial charge is 0.449 e. The summed E-state index contributed by atoms with van der Waals surface area (Å²) >= 11 is 0. The van der Waals surface area contributed by atoms with E-state index in [2.05, 4.69) is 9.72 Å². The molecule has 82 valence electrons. The van der Waals surface area contributed by atoms with E-state index in [1.807, 2.05) is 0 Å². The summed E-state index contributed by atoms with van der Waals surface area (Å²) < 4.78 is 40.4. The first-order chi connectivity index (χ1) is 6.80. The Labute approximate surface area is 79.3 Å². The molecule has 9 heteroatoms. The summed E-state index contributed by atoms with van der Waals surface area (Å²) in [5, 5.41) is 8.12. The number of carboxylic acid groups (broad SMARTS) is 1. The summed E-state index contributed by atoms with van der Waals surface area (Å²) in [7, 11) is 0. The highest BCUT2D eigenvalue weighted by molar-refractivity contribution is 5.61. The molecule has 0 amide bonds. The maximum absolute atomic E-state index is 12.2. The van der Waals surface area contributed by atoms with Gasteiger partial charge in [-0.1, -0.05) is 0 Å². The molecule has 0 aliphatic heterocycles. The number of halogens is 3. The maximum atomic E-state index is 12.2. The zero-order chi connectivity index (χ0) is 11.6. The molecule has 0 spiro atoms. The Bertz CT molecular complexity index is 439. The summed E-state index contributed by atoms with van der Waals surface area (Å²) in [6.07, 6.45) is -6.47. The van der Waals surface area contributed by atoms with Crippen LogP contribution in [0, 0.1) is 0 Å². The van der Waals surface area contributed by atoms with Crippen LogP contribution in [0.25, 0.3) is 0 Å². The third-order valence-electron chi connectivity index (χ3n) is 1.26. The van der Waals surface area contributed by atoms with E-state index < -0.39 is 29.5 Å². The lowest BCUT2D eigenvalue weighted by Gasteiger charge is -2.09. The van der Waals surface area contributed by atoms with E-state index in [1.165, 1.54) is 4.98 Å². The highest BCUT2D eigenvalue weighted by atomic mass is 19.4. The molecule has 0 saturated heterocycles. The van der Waals surface area contributed by atoms with Crippen LogP contribution < -0.4 is 10.4 Å². The van der Waals surface area contributed by atoms with Crippen LogP contribution in [0.4, 0.5) is 18.0 Å². The van der Waals surface area contributed by atoms with Gasteiger partial charge in [0.1, 0.15) is 0 Å². The number of alkyl halides is 3. The van der Waals surface area contributed by atoms with Gasteiger partial charge in [0, 0.05) is 0 Å². The normalized spacial score (nSPS) is 11.1.